The first kappa shape index (κ1) is 27.2. The minimum absolute atomic E-state index is 0.0330. The van der Waals surface area contributed by atoms with Crippen LogP contribution in [0.4, 0.5) is 4.79 Å². The summed E-state index contributed by atoms with van der Waals surface area (Å²) in [6.45, 7) is 4.79. The number of hydrogen-bond donors (Lipinski definition) is 2. The molecule has 2 aromatic rings. The molecule has 3 fully saturated rings. The monoisotopic (exact) mass is 549 g/mol. The van der Waals surface area contributed by atoms with Crippen molar-refractivity contribution in [2.75, 3.05) is 31.6 Å². The molecule has 12 heteroatoms. The maximum atomic E-state index is 13.0. The van der Waals surface area contributed by atoms with Gasteiger partial charge >= 0.3 is 11.8 Å². The Balaban J connectivity index is 1.16. The van der Waals surface area contributed by atoms with Crippen LogP contribution in [0.3, 0.4) is 0 Å². The van der Waals surface area contributed by atoms with Gasteiger partial charge in [-0.3, -0.25) is 14.4 Å². The van der Waals surface area contributed by atoms with E-state index >= 15 is 0 Å². The SMILES string of the molecule is CC(C)n1c(=O)n(OC(=O)N[C@@H]2C[C@H]3CC[C@@H](C2)N3CC(O)CN(C)C2CCS(=O)(=O)C2)c2ccccc21. The zero-order valence-corrected chi connectivity index (χ0v) is 23.1. The van der Waals surface area contributed by atoms with Crippen LogP contribution in [0.25, 0.3) is 11.0 Å². The summed E-state index contributed by atoms with van der Waals surface area (Å²) in [5.41, 5.74) is 0.871. The number of aliphatic hydroxyl groups is 1. The molecule has 38 heavy (non-hydrogen) atoms. The number of aliphatic hydroxyl groups excluding tert-OH is 1. The summed E-state index contributed by atoms with van der Waals surface area (Å²) < 4.78 is 26.3. The first-order chi connectivity index (χ1) is 18.0. The van der Waals surface area contributed by atoms with E-state index in [0.717, 1.165) is 30.4 Å². The van der Waals surface area contributed by atoms with Gasteiger partial charge in [-0.25, -0.2) is 18.0 Å². The predicted octanol–water partition coefficient (Wildman–Crippen LogP) is 0.997. The Kier molecular flexibility index (Phi) is 7.60. The second kappa shape index (κ2) is 10.6. The number of imidazole rings is 1. The topological polar surface area (TPSA) is 126 Å². The van der Waals surface area contributed by atoms with Crippen LogP contribution in [0.1, 0.15) is 52.0 Å². The molecule has 1 amide bonds. The Morgan fingerprint density at radius 3 is 2.42 bits per heavy atom. The number of nitrogens with one attached hydrogen (secondary N) is 1. The van der Waals surface area contributed by atoms with Gasteiger partial charge in [0.1, 0.15) is 5.52 Å². The van der Waals surface area contributed by atoms with Gasteiger partial charge in [0, 0.05) is 43.3 Å². The first-order valence-corrected chi connectivity index (χ1v) is 15.4. The summed E-state index contributed by atoms with van der Waals surface area (Å²) in [6, 6.07) is 7.56. The number of piperidine rings is 1. The molecule has 3 saturated heterocycles. The summed E-state index contributed by atoms with van der Waals surface area (Å²) in [5.74, 6) is 0.387. The number of fused-ring (bicyclic) bond motifs is 3. The molecular formula is C26H39N5O6S. The zero-order valence-electron chi connectivity index (χ0n) is 22.3. The number of rotatable bonds is 8. The molecule has 2 bridgehead atoms. The van der Waals surface area contributed by atoms with Crippen molar-refractivity contribution in [3.63, 3.8) is 0 Å². The third kappa shape index (κ3) is 5.49. The standard InChI is InChI=1S/C26H39N5O6S/c1-17(2)30-23-6-4-5-7-24(23)31(26(30)34)37-25(33)27-18-12-19-8-9-20(13-18)29(19)15-22(32)14-28(3)21-10-11-38(35,36)16-21/h4-7,17-22,32H,8-16H2,1-3H3,(H,27,33)/t18-,19-,20+,21?,22?. The highest BCUT2D eigenvalue weighted by molar-refractivity contribution is 7.91. The molecule has 3 aliphatic rings. The molecule has 1 aromatic carbocycles. The number of aromatic nitrogens is 2. The summed E-state index contributed by atoms with van der Waals surface area (Å²) in [5, 5.41) is 13.8. The molecule has 0 saturated carbocycles. The Morgan fingerprint density at radius 1 is 1.16 bits per heavy atom. The van der Waals surface area contributed by atoms with Crippen LogP contribution in [0.2, 0.25) is 0 Å². The van der Waals surface area contributed by atoms with Crippen molar-refractivity contribution in [3.8, 4) is 0 Å². The molecule has 0 spiro atoms. The molecule has 0 radical (unpaired) electrons. The van der Waals surface area contributed by atoms with E-state index in [9.17, 15) is 23.1 Å². The Bertz CT molecular complexity index is 1320. The normalized spacial score (nSPS) is 27.8. The van der Waals surface area contributed by atoms with E-state index in [2.05, 4.69) is 10.2 Å². The molecule has 1 aromatic heterocycles. The second-order valence-corrected chi connectivity index (χ2v) is 13.7. The number of sulfone groups is 1. The fourth-order valence-electron chi connectivity index (χ4n) is 6.60. The molecular weight excluding hydrogens is 510 g/mol. The van der Waals surface area contributed by atoms with Gasteiger partial charge in [0.2, 0.25) is 0 Å². The van der Waals surface area contributed by atoms with Crippen LogP contribution in [0.15, 0.2) is 29.1 Å². The van der Waals surface area contributed by atoms with Crippen molar-refractivity contribution in [2.45, 2.75) is 82.3 Å². The van der Waals surface area contributed by atoms with Gasteiger partial charge in [0.25, 0.3) is 0 Å². The summed E-state index contributed by atoms with van der Waals surface area (Å²) in [4.78, 5) is 35.6. The highest BCUT2D eigenvalue weighted by atomic mass is 32.2. The van der Waals surface area contributed by atoms with Crippen molar-refractivity contribution in [3.05, 3.63) is 34.7 Å². The lowest BCUT2D eigenvalue weighted by molar-refractivity contribution is 0.0316. The van der Waals surface area contributed by atoms with Gasteiger partial charge in [0.05, 0.1) is 23.1 Å². The van der Waals surface area contributed by atoms with Gasteiger partial charge in [0.15, 0.2) is 9.84 Å². The van der Waals surface area contributed by atoms with Crippen molar-refractivity contribution in [1.82, 2.24) is 24.4 Å². The number of amides is 1. The zero-order chi connectivity index (χ0) is 27.2. The van der Waals surface area contributed by atoms with Gasteiger partial charge in [-0.15, -0.1) is 4.73 Å². The van der Waals surface area contributed by atoms with Gasteiger partial charge < -0.3 is 15.3 Å². The van der Waals surface area contributed by atoms with Gasteiger partial charge in [-0.1, -0.05) is 12.1 Å². The molecule has 4 heterocycles. The first-order valence-electron chi connectivity index (χ1n) is 13.6. The number of para-hydroxylation sites is 2. The Morgan fingerprint density at radius 2 is 1.82 bits per heavy atom. The fourth-order valence-corrected chi connectivity index (χ4v) is 8.41. The second-order valence-electron chi connectivity index (χ2n) is 11.5. The van der Waals surface area contributed by atoms with Gasteiger partial charge in [-0.05, 0) is 65.1 Å². The van der Waals surface area contributed by atoms with Crippen LogP contribution in [0.5, 0.6) is 0 Å². The molecule has 210 valence electrons. The minimum atomic E-state index is -2.96. The van der Waals surface area contributed by atoms with E-state index in [1.54, 1.807) is 16.7 Å². The molecule has 5 rings (SSSR count). The van der Waals surface area contributed by atoms with Gasteiger partial charge in [-0.2, -0.15) is 0 Å². The van der Waals surface area contributed by atoms with Crippen LogP contribution < -0.4 is 15.8 Å². The van der Waals surface area contributed by atoms with Crippen LogP contribution in [-0.2, 0) is 9.84 Å². The minimum Gasteiger partial charge on any atom is -0.390 e. The Labute approximate surface area is 223 Å². The van der Waals surface area contributed by atoms with Crippen molar-refractivity contribution in [2.24, 2.45) is 0 Å². The van der Waals surface area contributed by atoms with E-state index in [1.165, 1.54) is 0 Å². The highest BCUT2D eigenvalue weighted by Crippen LogP contribution is 2.36. The summed E-state index contributed by atoms with van der Waals surface area (Å²) in [6.07, 6.45) is 2.89. The average Bonchev–Trinajstić information content (AvgIpc) is 3.42. The summed E-state index contributed by atoms with van der Waals surface area (Å²) >= 11 is 0. The highest BCUT2D eigenvalue weighted by Gasteiger charge is 2.42. The number of hydrogen-bond acceptors (Lipinski definition) is 8. The third-order valence-corrected chi connectivity index (χ3v) is 10.1. The number of carbonyl (C=O) groups excluding carboxylic acids is 1. The van der Waals surface area contributed by atoms with E-state index in [-0.39, 0.29) is 47.4 Å². The predicted molar refractivity (Wildman–Crippen MR) is 144 cm³/mol. The fraction of sp³-hybridized carbons (Fsp3) is 0.692. The van der Waals surface area contributed by atoms with Crippen molar-refractivity contribution >= 4 is 27.0 Å². The third-order valence-electron chi connectivity index (χ3n) is 8.39. The molecule has 11 nitrogen and oxygen atoms in total. The maximum Gasteiger partial charge on any atom is 0.432 e. The lowest BCUT2D eigenvalue weighted by Gasteiger charge is -2.40. The smallest absolute Gasteiger partial charge is 0.390 e. The molecule has 2 N–H and O–H groups in total. The lowest BCUT2D eigenvalue weighted by atomic mass is 9.97. The van der Waals surface area contributed by atoms with Crippen molar-refractivity contribution < 1.29 is 23.2 Å². The molecule has 0 aliphatic carbocycles. The van der Waals surface area contributed by atoms with Crippen LogP contribution in [-0.4, -0.2) is 101 Å². The number of nitrogens with zero attached hydrogens (tertiary/aromatic N) is 4. The van der Waals surface area contributed by atoms with Crippen LogP contribution in [0, 0.1) is 0 Å². The quantitative estimate of drug-likeness (QED) is 0.500. The molecule has 2 unspecified atom stereocenters. The van der Waals surface area contributed by atoms with E-state index in [0.29, 0.717) is 30.5 Å². The lowest BCUT2D eigenvalue weighted by Crippen LogP contribution is -2.54. The maximum absolute atomic E-state index is 13.0. The number of likely N-dealkylation sites (N-methyl/N-ethyl adjacent to an activating group) is 1. The number of benzene rings is 1. The molecule has 3 aliphatic heterocycles. The van der Waals surface area contributed by atoms with Crippen molar-refractivity contribution in [1.29, 1.82) is 0 Å². The van der Waals surface area contributed by atoms with E-state index in [1.807, 2.05) is 37.9 Å². The van der Waals surface area contributed by atoms with Crippen LogP contribution >= 0.6 is 0 Å². The summed E-state index contributed by atoms with van der Waals surface area (Å²) in [7, 11) is -1.08. The van der Waals surface area contributed by atoms with E-state index in [4.69, 9.17) is 4.84 Å². The largest absolute Gasteiger partial charge is 0.432 e. The Hall–Kier alpha value is -2.41. The van der Waals surface area contributed by atoms with E-state index < -0.39 is 22.0 Å². The number of carbonyl (C=O) groups is 1. The average molecular weight is 550 g/mol. The molecule has 5 atom stereocenters.